The molecule has 1 atom stereocenters. The van der Waals surface area contributed by atoms with Crippen molar-refractivity contribution in [2.24, 2.45) is 5.92 Å². The molecule has 1 aliphatic rings. The van der Waals surface area contributed by atoms with Crippen molar-refractivity contribution in [3.8, 4) is 0 Å². The molecule has 0 bridgehead atoms. The number of carbonyl (C=O) groups is 2. The standard InChI is InChI=1S/C20H16F3NO3/c1-10(2)18(25)16-17(14-5-3-4-6-15(14)23)24(20(27)19(16)26)13-8-11(21)7-12(22)9-13/h3-10,17,26H,1-2H3/t17-/m0/s1. The summed E-state index contributed by atoms with van der Waals surface area (Å²) in [5, 5.41) is 10.3. The van der Waals surface area contributed by atoms with Crippen LogP contribution in [0.15, 0.2) is 53.8 Å². The molecule has 27 heavy (non-hydrogen) atoms. The Morgan fingerprint density at radius 1 is 1.07 bits per heavy atom. The summed E-state index contributed by atoms with van der Waals surface area (Å²) in [5.41, 5.74) is -0.600. The Hall–Kier alpha value is -3.09. The first kappa shape index (κ1) is 18.7. The third-order valence-electron chi connectivity index (χ3n) is 4.32. The number of amides is 1. The molecule has 0 spiro atoms. The molecule has 0 unspecified atom stereocenters. The first-order valence-corrected chi connectivity index (χ1v) is 8.23. The van der Waals surface area contributed by atoms with Crippen LogP contribution in [0.5, 0.6) is 0 Å². The van der Waals surface area contributed by atoms with Gasteiger partial charge >= 0.3 is 0 Å². The number of Topliss-reactive ketones (excluding diaryl/α,β-unsaturated/α-hetero) is 1. The number of halogens is 3. The predicted molar refractivity (Wildman–Crippen MR) is 92.5 cm³/mol. The molecule has 0 radical (unpaired) electrons. The molecule has 0 aromatic heterocycles. The molecular weight excluding hydrogens is 359 g/mol. The fourth-order valence-electron chi connectivity index (χ4n) is 3.10. The van der Waals surface area contributed by atoms with Crippen molar-refractivity contribution < 1.29 is 27.9 Å². The van der Waals surface area contributed by atoms with E-state index in [1.54, 1.807) is 13.8 Å². The van der Waals surface area contributed by atoms with Crippen LogP contribution in [0, 0.1) is 23.4 Å². The maximum absolute atomic E-state index is 14.5. The Morgan fingerprint density at radius 3 is 2.22 bits per heavy atom. The summed E-state index contributed by atoms with van der Waals surface area (Å²) in [4.78, 5) is 26.1. The van der Waals surface area contributed by atoms with E-state index in [1.807, 2.05) is 0 Å². The van der Waals surface area contributed by atoms with E-state index in [0.29, 0.717) is 6.07 Å². The highest BCUT2D eigenvalue weighted by molar-refractivity contribution is 6.16. The third-order valence-corrected chi connectivity index (χ3v) is 4.32. The van der Waals surface area contributed by atoms with E-state index in [2.05, 4.69) is 0 Å². The van der Waals surface area contributed by atoms with Gasteiger partial charge in [-0.3, -0.25) is 14.5 Å². The molecule has 0 aliphatic carbocycles. The summed E-state index contributed by atoms with van der Waals surface area (Å²) in [6, 6.07) is 6.45. The summed E-state index contributed by atoms with van der Waals surface area (Å²) in [6.07, 6.45) is 0. The van der Waals surface area contributed by atoms with Crippen molar-refractivity contribution in [2.45, 2.75) is 19.9 Å². The van der Waals surface area contributed by atoms with Crippen LogP contribution in [0.2, 0.25) is 0 Å². The molecule has 0 saturated heterocycles. The average molecular weight is 375 g/mol. The van der Waals surface area contributed by atoms with Gasteiger partial charge in [0.25, 0.3) is 5.91 Å². The molecular formula is C20H16F3NO3. The zero-order chi connectivity index (χ0) is 19.9. The van der Waals surface area contributed by atoms with Gasteiger partial charge in [0, 0.05) is 17.5 Å². The Labute approximate surface area is 153 Å². The minimum absolute atomic E-state index is 0.0661. The van der Waals surface area contributed by atoms with Gasteiger partial charge in [0.15, 0.2) is 11.5 Å². The number of carbonyl (C=O) groups excluding carboxylic acids is 2. The van der Waals surface area contributed by atoms with Crippen molar-refractivity contribution in [3.05, 3.63) is 76.8 Å². The second-order valence-electron chi connectivity index (χ2n) is 6.51. The summed E-state index contributed by atoms with van der Waals surface area (Å²) in [5.74, 6) is -5.66. The van der Waals surface area contributed by atoms with Gasteiger partial charge in [-0.1, -0.05) is 32.0 Å². The predicted octanol–water partition coefficient (Wildman–Crippen LogP) is 4.23. The quantitative estimate of drug-likeness (QED) is 0.870. The molecule has 4 nitrogen and oxygen atoms in total. The monoisotopic (exact) mass is 375 g/mol. The molecule has 1 N–H and O–H groups in total. The van der Waals surface area contributed by atoms with Crippen LogP contribution >= 0.6 is 0 Å². The molecule has 0 fully saturated rings. The molecule has 1 aliphatic heterocycles. The lowest BCUT2D eigenvalue weighted by molar-refractivity contribution is -0.119. The summed E-state index contributed by atoms with van der Waals surface area (Å²) < 4.78 is 41.9. The van der Waals surface area contributed by atoms with Gasteiger partial charge in [0.2, 0.25) is 0 Å². The zero-order valence-electron chi connectivity index (χ0n) is 14.5. The smallest absolute Gasteiger partial charge is 0.294 e. The van der Waals surface area contributed by atoms with E-state index in [-0.39, 0.29) is 16.8 Å². The summed E-state index contributed by atoms with van der Waals surface area (Å²) >= 11 is 0. The highest BCUT2D eigenvalue weighted by Crippen LogP contribution is 2.42. The van der Waals surface area contributed by atoms with Crippen molar-refractivity contribution in [3.63, 3.8) is 0 Å². The molecule has 2 aromatic rings. The lowest BCUT2D eigenvalue weighted by Gasteiger charge is -2.27. The molecule has 3 rings (SSSR count). The van der Waals surface area contributed by atoms with E-state index >= 15 is 0 Å². The zero-order valence-corrected chi connectivity index (χ0v) is 14.5. The second kappa shape index (κ2) is 6.90. The highest BCUT2D eigenvalue weighted by atomic mass is 19.1. The van der Waals surface area contributed by atoms with Gasteiger partial charge in [0.05, 0.1) is 17.3 Å². The second-order valence-corrected chi connectivity index (χ2v) is 6.51. The minimum Gasteiger partial charge on any atom is -0.503 e. The van der Waals surface area contributed by atoms with Crippen LogP contribution in [0.3, 0.4) is 0 Å². The van der Waals surface area contributed by atoms with Crippen LogP contribution in [-0.4, -0.2) is 16.8 Å². The first-order valence-electron chi connectivity index (χ1n) is 8.23. The van der Waals surface area contributed by atoms with Gasteiger partial charge in [-0.15, -0.1) is 0 Å². The Bertz CT molecular complexity index is 948. The SMILES string of the molecule is CC(C)C(=O)C1=C(O)C(=O)N(c2cc(F)cc(F)c2)[C@H]1c1ccccc1F. The maximum Gasteiger partial charge on any atom is 0.294 e. The largest absolute Gasteiger partial charge is 0.503 e. The normalized spacial score (nSPS) is 17.2. The Morgan fingerprint density at radius 2 is 1.67 bits per heavy atom. The van der Waals surface area contributed by atoms with Crippen molar-refractivity contribution in [1.29, 1.82) is 0 Å². The van der Waals surface area contributed by atoms with Crippen LogP contribution in [0.25, 0.3) is 0 Å². The van der Waals surface area contributed by atoms with Crippen molar-refractivity contribution in [2.75, 3.05) is 4.90 Å². The fourth-order valence-corrected chi connectivity index (χ4v) is 3.10. The average Bonchev–Trinajstić information content (AvgIpc) is 2.85. The van der Waals surface area contributed by atoms with Gasteiger partial charge in [-0.05, 0) is 18.2 Å². The number of ketones is 1. The Balaban J connectivity index is 2.25. The fraction of sp³-hybridized carbons (Fsp3) is 0.200. The number of hydrogen-bond donors (Lipinski definition) is 1. The Kier molecular flexibility index (Phi) is 4.78. The molecule has 2 aromatic carbocycles. The van der Waals surface area contributed by atoms with Gasteiger partial charge in [0.1, 0.15) is 17.5 Å². The first-order chi connectivity index (χ1) is 12.7. The van der Waals surface area contributed by atoms with Gasteiger partial charge in [-0.2, -0.15) is 0 Å². The number of aliphatic hydroxyl groups excluding tert-OH is 1. The number of rotatable bonds is 4. The lowest BCUT2D eigenvalue weighted by atomic mass is 9.91. The van der Waals surface area contributed by atoms with E-state index in [4.69, 9.17) is 0 Å². The number of aliphatic hydroxyl groups is 1. The van der Waals surface area contributed by atoms with Gasteiger partial charge in [-0.25, -0.2) is 13.2 Å². The maximum atomic E-state index is 14.5. The van der Waals surface area contributed by atoms with Crippen LogP contribution < -0.4 is 4.90 Å². The summed E-state index contributed by atoms with van der Waals surface area (Å²) in [6.45, 7) is 3.13. The molecule has 140 valence electrons. The van der Waals surface area contributed by atoms with E-state index < -0.39 is 46.9 Å². The van der Waals surface area contributed by atoms with E-state index in [1.165, 1.54) is 18.2 Å². The highest BCUT2D eigenvalue weighted by Gasteiger charge is 2.45. The van der Waals surface area contributed by atoms with Crippen LogP contribution in [0.1, 0.15) is 25.5 Å². The minimum atomic E-state index is -1.34. The molecule has 0 saturated carbocycles. The van der Waals surface area contributed by atoms with Crippen molar-refractivity contribution in [1.82, 2.24) is 0 Å². The van der Waals surface area contributed by atoms with Crippen molar-refractivity contribution >= 4 is 17.4 Å². The number of nitrogens with zero attached hydrogens (tertiary/aromatic N) is 1. The van der Waals surface area contributed by atoms with Crippen LogP contribution in [0.4, 0.5) is 18.9 Å². The number of benzene rings is 2. The topological polar surface area (TPSA) is 57.6 Å². The molecule has 1 heterocycles. The summed E-state index contributed by atoms with van der Waals surface area (Å²) in [7, 11) is 0. The molecule has 1 amide bonds. The van der Waals surface area contributed by atoms with Crippen LogP contribution in [-0.2, 0) is 9.59 Å². The molecule has 7 heteroatoms. The van der Waals surface area contributed by atoms with E-state index in [0.717, 1.165) is 23.1 Å². The van der Waals surface area contributed by atoms with E-state index in [9.17, 15) is 27.9 Å². The lowest BCUT2D eigenvalue weighted by Crippen LogP contribution is -2.32. The third kappa shape index (κ3) is 3.20. The number of anilines is 1. The number of hydrogen-bond acceptors (Lipinski definition) is 3. The van der Waals surface area contributed by atoms with Gasteiger partial charge < -0.3 is 5.11 Å².